The molecule has 16 heavy (non-hydrogen) atoms. The first-order chi connectivity index (χ1) is 7.67. The van der Waals surface area contributed by atoms with Crippen molar-refractivity contribution in [3.05, 3.63) is 29.3 Å². The molecular formula is C12H13NO3. The summed E-state index contributed by atoms with van der Waals surface area (Å²) in [4.78, 5) is 10.6. The molecule has 0 heterocycles. The van der Waals surface area contributed by atoms with Gasteiger partial charge in [0, 0.05) is 11.1 Å². The van der Waals surface area contributed by atoms with Crippen LogP contribution in [0.2, 0.25) is 0 Å². The number of hydrogen-bond acceptors (Lipinski definition) is 3. The number of aliphatic carboxylic acids is 1. The zero-order valence-corrected chi connectivity index (χ0v) is 8.99. The Bertz CT molecular complexity index is 443. The molecule has 0 aliphatic rings. The second kappa shape index (κ2) is 5.79. The molecule has 0 aromatic heterocycles. The van der Waals surface area contributed by atoms with Gasteiger partial charge in [-0.05, 0) is 12.1 Å². The van der Waals surface area contributed by atoms with E-state index in [4.69, 9.17) is 15.6 Å². The standard InChI is InChI=1S/C12H13NO3/c1-16-11-7-9(3-2-6-13)4-5-10(11)8-12(14)15/h4-5,7H,6,8,13H2,1H3,(H,14,15). The second-order valence-electron chi connectivity index (χ2n) is 3.10. The minimum absolute atomic E-state index is 0.0617. The van der Waals surface area contributed by atoms with Crippen molar-refractivity contribution in [2.75, 3.05) is 13.7 Å². The van der Waals surface area contributed by atoms with Crippen LogP contribution in [0.1, 0.15) is 11.1 Å². The fraction of sp³-hybridized carbons (Fsp3) is 0.250. The van der Waals surface area contributed by atoms with Gasteiger partial charge in [0.15, 0.2) is 0 Å². The predicted octanol–water partition coefficient (Wildman–Crippen LogP) is 0.632. The lowest BCUT2D eigenvalue weighted by Gasteiger charge is -2.06. The number of carboxylic acids is 1. The average molecular weight is 219 g/mol. The maximum atomic E-state index is 10.6. The van der Waals surface area contributed by atoms with E-state index in [1.54, 1.807) is 18.2 Å². The van der Waals surface area contributed by atoms with E-state index in [0.717, 1.165) is 5.56 Å². The summed E-state index contributed by atoms with van der Waals surface area (Å²) < 4.78 is 5.10. The van der Waals surface area contributed by atoms with Gasteiger partial charge in [0.2, 0.25) is 0 Å². The van der Waals surface area contributed by atoms with E-state index in [1.807, 2.05) is 0 Å². The Hall–Kier alpha value is -1.99. The monoisotopic (exact) mass is 219 g/mol. The van der Waals surface area contributed by atoms with Crippen molar-refractivity contribution in [1.29, 1.82) is 0 Å². The van der Waals surface area contributed by atoms with Gasteiger partial charge in [-0.2, -0.15) is 0 Å². The number of hydrogen-bond donors (Lipinski definition) is 2. The largest absolute Gasteiger partial charge is 0.496 e. The van der Waals surface area contributed by atoms with Crippen molar-refractivity contribution in [3.8, 4) is 17.6 Å². The molecule has 4 nitrogen and oxygen atoms in total. The van der Waals surface area contributed by atoms with Gasteiger partial charge in [-0.15, -0.1) is 0 Å². The summed E-state index contributed by atoms with van der Waals surface area (Å²) in [6, 6.07) is 5.16. The van der Waals surface area contributed by atoms with Crippen molar-refractivity contribution in [3.63, 3.8) is 0 Å². The van der Waals surface area contributed by atoms with Crippen LogP contribution in [0.15, 0.2) is 18.2 Å². The molecule has 0 saturated carbocycles. The quantitative estimate of drug-likeness (QED) is 0.731. The number of ether oxygens (including phenoxy) is 1. The number of rotatable bonds is 3. The van der Waals surface area contributed by atoms with E-state index in [-0.39, 0.29) is 6.42 Å². The fourth-order valence-electron chi connectivity index (χ4n) is 1.28. The molecule has 3 N–H and O–H groups in total. The van der Waals surface area contributed by atoms with Gasteiger partial charge in [0.25, 0.3) is 0 Å². The number of carboxylic acid groups (broad SMARTS) is 1. The molecule has 4 heteroatoms. The Kier molecular flexibility index (Phi) is 4.37. The lowest BCUT2D eigenvalue weighted by molar-refractivity contribution is -0.136. The second-order valence-corrected chi connectivity index (χ2v) is 3.10. The molecule has 0 amide bonds. The highest BCUT2D eigenvalue weighted by atomic mass is 16.5. The zero-order chi connectivity index (χ0) is 12.0. The van der Waals surface area contributed by atoms with Crippen LogP contribution in [0.25, 0.3) is 0 Å². The third kappa shape index (κ3) is 3.30. The molecular weight excluding hydrogens is 206 g/mol. The van der Waals surface area contributed by atoms with E-state index in [0.29, 0.717) is 17.9 Å². The third-order valence-corrected chi connectivity index (χ3v) is 1.96. The molecule has 0 spiro atoms. The molecule has 1 rings (SSSR count). The zero-order valence-electron chi connectivity index (χ0n) is 8.99. The van der Waals surface area contributed by atoms with E-state index in [9.17, 15) is 4.79 Å². The summed E-state index contributed by atoms with van der Waals surface area (Å²) >= 11 is 0. The number of nitrogens with two attached hydrogens (primary N) is 1. The maximum Gasteiger partial charge on any atom is 0.307 e. The first-order valence-electron chi connectivity index (χ1n) is 4.75. The van der Waals surface area contributed by atoms with Crippen molar-refractivity contribution in [2.24, 2.45) is 5.73 Å². The highest BCUT2D eigenvalue weighted by Gasteiger charge is 2.07. The molecule has 0 fully saturated rings. The Morgan fingerprint density at radius 2 is 2.31 bits per heavy atom. The number of carbonyl (C=O) groups is 1. The third-order valence-electron chi connectivity index (χ3n) is 1.96. The predicted molar refractivity (Wildman–Crippen MR) is 60.3 cm³/mol. The molecule has 1 aromatic carbocycles. The number of methoxy groups -OCH3 is 1. The summed E-state index contributed by atoms with van der Waals surface area (Å²) in [6.07, 6.45) is -0.0617. The molecule has 0 bridgehead atoms. The highest BCUT2D eigenvalue weighted by Crippen LogP contribution is 2.20. The van der Waals surface area contributed by atoms with Crippen LogP contribution in [0, 0.1) is 11.8 Å². The van der Waals surface area contributed by atoms with E-state index >= 15 is 0 Å². The van der Waals surface area contributed by atoms with Crippen LogP contribution in [0.3, 0.4) is 0 Å². The lowest BCUT2D eigenvalue weighted by Crippen LogP contribution is -2.02. The Balaban J connectivity index is 3.01. The van der Waals surface area contributed by atoms with Gasteiger partial charge in [0.05, 0.1) is 20.1 Å². The summed E-state index contributed by atoms with van der Waals surface area (Å²) in [7, 11) is 1.50. The minimum Gasteiger partial charge on any atom is -0.496 e. The van der Waals surface area contributed by atoms with Gasteiger partial charge < -0.3 is 15.6 Å². The summed E-state index contributed by atoms with van der Waals surface area (Å²) in [6.45, 7) is 0.291. The molecule has 0 aliphatic heterocycles. The SMILES string of the molecule is COc1cc(C#CCN)ccc1CC(=O)O. The van der Waals surface area contributed by atoms with Gasteiger partial charge in [0.1, 0.15) is 5.75 Å². The van der Waals surface area contributed by atoms with Crippen LogP contribution in [0.4, 0.5) is 0 Å². The molecule has 1 aromatic rings. The molecule has 0 unspecified atom stereocenters. The Labute approximate surface area is 94.0 Å². The van der Waals surface area contributed by atoms with E-state index < -0.39 is 5.97 Å². The average Bonchev–Trinajstić information content (AvgIpc) is 2.27. The first-order valence-corrected chi connectivity index (χ1v) is 4.75. The van der Waals surface area contributed by atoms with Crippen molar-refractivity contribution >= 4 is 5.97 Å². The van der Waals surface area contributed by atoms with Crippen molar-refractivity contribution in [2.45, 2.75) is 6.42 Å². The van der Waals surface area contributed by atoms with Gasteiger partial charge in [-0.25, -0.2) is 0 Å². The van der Waals surface area contributed by atoms with Crippen LogP contribution in [0.5, 0.6) is 5.75 Å². The van der Waals surface area contributed by atoms with Crippen molar-refractivity contribution < 1.29 is 14.6 Å². The lowest BCUT2D eigenvalue weighted by atomic mass is 10.1. The fourth-order valence-corrected chi connectivity index (χ4v) is 1.28. The molecule has 0 radical (unpaired) electrons. The molecule has 0 aliphatic carbocycles. The smallest absolute Gasteiger partial charge is 0.307 e. The van der Waals surface area contributed by atoms with Gasteiger partial charge in [-0.1, -0.05) is 17.9 Å². The Morgan fingerprint density at radius 1 is 1.56 bits per heavy atom. The Morgan fingerprint density at radius 3 is 2.88 bits per heavy atom. The first kappa shape index (κ1) is 12.1. The van der Waals surface area contributed by atoms with Gasteiger partial charge >= 0.3 is 5.97 Å². The van der Waals surface area contributed by atoms with Crippen LogP contribution >= 0.6 is 0 Å². The van der Waals surface area contributed by atoms with Gasteiger partial charge in [-0.3, -0.25) is 4.79 Å². The highest BCUT2D eigenvalue weighted by molar-refractivity contribution is 5.71. The molecule has 0 saturated heterocycles. The summed E-state index contributed by atoms with van der Waals surface area (Å²) in [5.74, 6) is 5.22. The minimum atomic E-state index is -0.890. The van der Waals surface area contributed by atoms with Crippen LogP contribution in [-0.4, -0.2) is 24.7 Å². The molecule has 0 atom stereocenters. The van der Waals surface area contributed by atoms with Crippen LogP contribution in [-0.2, 0) is 11.2 Å². The van der Waals surface area contributed by atoms with E-state index in [2.05, 4.69) is 11.8 Å². The summed E-state index contributed by atoms with van der Waals surface area (Å²) in [5, 5.41) is 8.70. The molecule has 84 valence electrons. The maximum absolute atomic E-state index is 10.6. The topological polar surface area (TPSA) is 72.5 Å². The van der Waals surface area contributed by atoms with Crippen LogP contribution < -0.4 is 10.5 Å². The van der Waals surface area contributed by atoms with E-state index in [1.165, 1.54) is 7.11 Å². The summed E-state index contributed by atoms with van der Waals surface area (Å²) in [5.41, 5.74) is 6.65. The normalized spacial score (nSPS) is 9.12. The number of benzene rings is 1. The van der Waals surface area contributed by atoms with Crippen molar-refractivity contribution in [1.82, 2.24) is 0 Å².